The molecule has 0 unspecified atom stereocenters. The number of hydrogen-bond acceptors (Lipinski definition) is 4. The van der Waals surface area contributed by atoms with Crippen LogP contribution in [0.25, 0.3) is 0 Å². The molecule has 0 aromatic heterocycles. The number of nitrogens with zero attached hydrogens (tertiary/aromatic N) is 1. The van der Waals surface area contributed by atoms with Gasteiger partial charge in [-0.15, -0.1) is 0 Å². The zero-order chi connectivity index (χ0) is 13.7. The van der Waals surface area contributed by atoms with Crippen LogP contribution >= 0.6 is 0 Å². The lowest BCUT2D eigenvalue weighted by Gasteiger charge is -2.32. The van der Waals surface area contributed by atoms with Gasteiger partial charge in [0, 0.05) is 19.6 Å². The van der Waals surface area contributed by atoms with E-state index < -0.39 is 0 Å². The van der Waals surface area contributed by atoms with Crippen LogP contribution in [0.3, 0.4) is 0 Å². The van der Waals surface area contributed by atoms with E-state index in [-0.39, 0.29) is 6.10 Å². The number of hydrogen-bond donors (Lipinski definition) is 2. The highest BCUT2D eigenvalue weighted by atomic mass is 16.5. The zero-order valence-electron chi connectivity index (χ0n) is 11.9. The Balaban J connectivity index is 2.18. The lowest BCUT2D eigenvalue weighted by Crippen LogP contribution is -2.36. The van der Waals surface area contributed by atoms with Gasteiger partial charge in [0.2, 0.25) is 0 Å². The van der Waals surface area contributed by atoms with E-state index >= 15 is 0 Å². The molecule has 2 N–H and O–H groups in total. The van der Waals surface area contributed by atoms with Crippen molar-refractivity contribution in [2.24, 2.45) is 0 Å². The van der Waals surface area contributed by atoms with Crippen LogP contribution in [0.2, 0.25) is 0 Å². The first-order chi connectivity index (χ1) is 9.24. The van der Waals surface area contributed by atoms with E-state index in [1.54, 1.807) is 0 Å². The van der Waals surface area contributed by atoms with Gasteiger partial charge in [0.05, 0.1) is 18.4 Å². The predicted octanol–water partition coefficient (Wildman–Crippen LogP) is 1.77. The molecule has 0 atom stereocenters. The van der Waals surface area contributed by atoms with Crippen LogP contribution in [0.15, 0.2) is 18.2 Å². The first kappa shape index (κ1) is 14.2. The summed E-state index contributed by atoms with van der Waals surface area (Å²) >= 11 is 0. The Morgan fingerprint density at radius 2 is 2.11 bits per heavy atom. The van der Waals surface area contributed by atoms with E-state index in [1.165, 1.54) is 5.56 Å². The number of rotatable bonds is 5. The molecule has 1 aromatic carbocycles. The van der Waals surface area contributed by atoms with Crippen LogP contribution < -0.4 is 15.0 Å². The molecule has 1 aliphatic rings. The van der Waals surface area contributed by atoms with Gasteiger partial charge in [-0.05, 0) is 44.5 Å². The summed E-state index contributed by atoms with van der Waals surface area (Å²) in [5.74, 6) is 0.951. The Morgan fingerprint density at radius 3 is 2.74 bits per heavy atom. The quantitative estimate of drug-likeness (QED) is 0.850. The average Bonchev–Trinajstić information content (AvgIpc) is 2.41. The molecule has 0 bridgehead atoms. The normalized spacial score (nSPS) is 16.7. The van der Waals surface area contributed by atoms with E-state index in [1.807, 2.05) is 14.0 Å². The molecule has 106 valence electrons. The Hall–Kier alpha value is -1.26. The Labute approximate surface area is 115 Å². The molecule has 0 spiro atoms. The number of nitrogens with one attached hydrogen (secondary N) is 1. The van der Waals surface area contributed by atoms with Crippen molar-refractivity contribution >= 4 is 5.69 Å². The average molecular weight is 264 g/mol. The summed E-state index contributed by atoms with van der Waals surface area (Å²) in [7, 11) is 1.94. The van der Waals surface area contributed by atoms with Crippen molar-refractivity contribution in [3.63, 3.8) is 0 Å². The molecule has 1 aliphatic heterocycles. The Bertz CT molecular complexity index is 401. The van der Waals surface area contributed by atoms with Gasteiger partial charge in [-0.1, -0.05) is 6.07 Å². The fourth-order valence-electron chi connectivity index (χ4n) is 2.51. The van der Waals surface area contributed by atoms with Crippen molar-refractivity contribution < 1.29 is 9.84 Å². The largest absolute Gasteiger partial charge is 0.492 e. The standard InChI is InChI=1S/C15H24N2O2/c1-3-19-15-10-12(11-16-2)4-5-14(15)17-8-6-13(18)7-9-17/h4-5,10,13,16,18H,3,6-9,11H2,1-2H3. The second-order valence-electron chi connectivity index (χ2n) is 4.98. The van der Waals surface area contributed by atoms with E-state index in [4.69, 9.17) is 4.74 Å². The summed E-state index contributed by atoms with van der Waals surface area (Å²) in [5, 5.41) is 12.8. The monoisotopic (exact) mass is 264 g/mol. The Kier molecular flexibility index (Phi) is 5.05. The summed E-state index contributed by atoms with van der Waals surface area (Å²) in [6.45, 7) is 5.32. The lowest BCUT2D eigenvalue weighted by atomic mass is 10.1. The maximum absolute atomic E-state index is 9.59. The van der Waals surface area contributed by atoms with Crippen molar-refractivity contribution in [2.75, 3.05) is 31.6 Å². The Morgan fingerprint density at radius 1 is 1.37 bits per heavy atom. The lowest BCUT2D eigenvalue weighted by molar-refractivity contribution is 0.145. The number of anilines is 1. The summed E-state index contributed by atoms with van der Waals surface area (Å²) < 4.78 is 5.77. The summed E-state index contributed by atoms with van der Waals surface area (Å²) in [6, 6.07) is 6.38. The summed E-state index contributed by atoms with van der Waals surface area (Å²) in [4.78, 5) is 2.31. The van der Waals surface area contributed by atoms with Gasteiger partial charge in [-0.2, -0.15) is 0 Å². The molecule has 1 heterocycles. The SMILES string of the molecule is CCOc1cc(CNC)ccc1N1CCC(O)CC1. The minimum atomic E-state index is -0.143. The first-order valence-electron chi connectivity index (χ1n) is 7.08. The number of aliphatic hydroxyl groups is 1. The third kappa shape index (κ3) is 3.61. The highest BCUT2D eigenvalue weighted by Crippen LogP contribution is 2.31. The van der Waals surface area contributed by atoms with Gasteiger partial charge in [0.25, 0.3) is 0 Å². The van der Waals surface area contributed by atoms with Crippen LogP contribution in [-0.4, -0.2) is 38.0 Å². The topological polar surface area (TPSA) is 44.7 Å². The highest BCUT2D eigenvalue weighted by molar-refractivity contribution is 5.60. The van der Waals surface area contributed by atoms with E-state index in [2.05, 4.69) is 28.4 Å². The minimum absolute atomic E-state index is 0.143. The van der Waals surface area contributed by atoms with Crippen LogP contribution in [-0.2, 0) is 6.54 Å². The van der Waals surface area contributed by atoms with Gasteiger partial charge in [-0.25, -0.2) is 0 Å². The molecule has 0 saturated carbocycles. The molecule has 0 amide bonds. The molecule has 1 aromatic rings. The molecule has 1 fully saturated rings. The molecule has 0 aliphatic carbocycles. The molecule has 0 radical (unpaired) electrons. The van der Waals surface area contributed by atoms with E-state index in [0.717, 1.165) is 43.9 Å². The fourth-order valence-corrected chi connectivity index (χ4v) is 2.51. The summed E-state index contributed by atoms with van der Waals surface area (Å²) in [5.41, 5.74) is 2.38. The van der Waals surface area contributed by atoms with Crippen molar-refractivity contribution in [3.8, 4) is 5.75 Å². The van der Waals surface area contributed by atoms with Crippen LogP contribution in [0.5, 0.6) is 5.75 Å². The highest BCUT2D eigenvalue weighted by Gasteiger charge is 2.20. The smallest absolute Gasteiger partial charge is 0.142 e. The van der Waals surface area contributed by atoms with Gasteiger partial charge in [-0.3, -0.25) is 0 Å². The fraction of sp³-hybridized carbons (Fsp3) is 0.600. The zero-order valence-corrected chi connectivity index (χ0v) is 11.9. The molecule has 4 nitrogen and oxygen atoms in total. The maximum Gasteiger partial charge on any atom is 0.142 e. The van der Waals surface area contributed by atoms with Crippen molar-refractivity contribution in [1.82, 2.24) is 5.32 Å². The number of benzene rings is 1. The van der Waals surface area contributed by atoms with Crippen LogP contribution in [0, 0.1) is 0 Å². The van der Waals surface area contributed by atoms with E-state index in [9.17, 15) is 5.11 Å². The predicted molar refractivity (Wildman–Crippen MR) is 77.8 cm³/mol. The second-order valence-corrected chi connectivity index (χ2v) is 4.98. The molecular weight excluding hydrogens is 240 g/mol. The summed E-state index contributed by atoms with van der Waals surface area (Å²) in [6.07, 6.45) is 1.53. The molecule has 19 heavy (non-hydrogen) atoms. The van der Waals surface area contributed by atoms with Crippen molar-refractivity contribution in [1.29, 1.82) is 0 Å². The number of piperidine rings is 1. The van der Waals surface area contributed by atoms with Gasteiger partial charge >= 0.3 is 0 Å². The third-order valence-electron chi connectivity index (χ3n) is 3.51. The molecule has 2 rings (SSSR count). The third-order valence-corrected chi connectivity index (χ3v) is 3.51. The van der Waals surface area contributed by atoms with Crippen LogP contribution in [0.1, 0.15) is 25.3 Å². The van der Waals surface area contributed by atoms with Gasteiger partial charge < -0.3 is 20.1 Å². The van der Waals surface area contributed by atoms with Crippen molar-refractivity contribution in [3.05, 3.63) is 23.8 Å². The number of aliphatic hydroxyl groups excluding tert-OH is 1. The van der Waals surface area contributed by atoms with Crippen LogP contribution in [0.4, 0.5) is 5.69 Å². The molecular formula is C15H24N2O2. The minimum Gasteiger partial charge on any atom is -0.492 e. The second kappa shape index (κ2) is 6.78. The maximum atomic E-state index is 9.59. The van der Waals surface area contributed by atoms with Gasteiger partial charge in [0.1, 0.15) is 5.75 Å². The molecule has 4 heteroatoms. The first-order valence-corrected chi connectivity index (χ1v) is 7.08. The molecule has 1 saturated heterocycles. The van der Waals surface area contributed by atoms with Gasteiger partial charge in [0.15, 0.2) is 0 Å². The number of ether oxygens (including phenoxy) is 1. The van der Waals surface area contributed by atoms with Crippen molar-refractivity contribution in [2.45, 2.75) is 32.4 Å². The van der Waals surface area contributed by atoms with E-state index in [0.29, 0.717) is 6.61 Å².